The quantitative estimate of drug-likeness (QED) is 0.516. The molecule has 3 heteroatoms. The molecule has 8 heavy (non-hydrogen) atoms. The smallest absolute Gasteiger partial charge is 0 e. The van der Waals surface area contributed by atoms with Gasteiger partial charge in [0.1, 0.15) is 0 Å². The summed E-state index contributed by atoms with van der Waals surface area (Å²) in [5, 5.41) is 4.19. The van der Waals surface area contributed by atoms with E-state index in [9.17, 15) is 0 Å². The first kappa shape index (κ1) is 8.54. The minimum atomic E-state index is 0. The Labute approximate surface area is 63.4 Å². The molecule has 0 aromatic rings. The van der Waals surface area contributed by atoms with Gasteiger partial charge in [-0.1, -0.05) is 0 Å². The van der Waals surface area contributed by atoms with Crippen LogP contribution in [0.4, 0.5) is 0 Å². The third kappa shape index (κ3) is 2.75. The van der Waals surface area contributed by atoms with Crippen molar-refractivity contribution < 1.29 is 19.5 Å². The van der Waals surface area contributed by atoms with Crippen molar-refractivity contribution in [1.82, 2.24) is 4.90 Å². The van der Waals surface area contributed by atoms with Crippen LogP contribution in [0, 0.1) is 0 Å². The van der Waals surface area contributed by atoms with E-state index in [-0.39, 0.29) is 19.5 Å². The number of hydrogen-bond acceptors (Lipinski definition) is 1. The van der Waals surface area contributed by atoms with E-state index in [0.717, 1.165) is 26.2 Å². The van der Waals surface area contributed by atoms with Crippen molar-refractivity contribution in [3.63, 3.8) is 0 Å². The van der Waals surface area contributed by atoms with Crippen LogP contribution in [0.1, 0.15) is 0 Å². The summed E-state index contributed by atoms with van der Waals surface area (Å²) in [4.78, 5) is 2.30. The van der Waals surface area contributed by atoms with Gasteiger partial charge in [-0.25, -0.2) is 0 Å². The molecule has 0 bridgehead atoms. The summed E-state index contributed by atoms with van der Waals surface area (Å²) in [5.74, 6) is 0. The summed E-state index contributed by atoms with van der Waals surface area (Å²) in [7, 11) is 2.13. The van der Waals surface area contributed by atoms with Crippen LogP contribution in [0.15, 0.2) is 0 Å². The van der Waals surface area contributed by atoms with Crippen molar-refractivity contribution >= 4 is 0 Å². The topological polar surface area (TPSA) is 17.3 Å². The standard InChI is InChI=1S/C5H11N2.Rh/c1-7-4-2-6-3-5-7;/h2-5H2,1H3;/q-1;. The summed E-state index contributed by atoms with van der Waals surface area (Å²) in [6.45, 7) is 4.38. The third-order valence-electron chi connectivity index (χ3n) is 1.28. The SMILES string of the molecule is CN1CC[N-]CC1.[Rh]. The number of piperazine rings is 1. The van der Waals surface area contributed by atoms with Gasteiger partial charge in [-0.3, -0.25) is 0 Å². The van der Waals surface area contributed by atoms with E-state index in [1.165, 1.54) is 0 Å². The van der Waals surface area contributed by atoms with Crippen molar-refractivity contribution in [3.8, 4) is 0 Å². The van der Waals surface area contributed by atoms with E-state index < -0.39 is 0 Å². The molecule has 0 atom stereocenters. The fraction of sp³-hybridized carbons (Fsp3) is 1.00. The Morgan fingerprint density at radius 1 is 1.25 bits per heavy atom. The van der Waals surface area contributed by atoms with Gasteiger partial charge in [0, 0.05) is 19.5 Å². The zero-order valence-electron chi connectivity index (χ0n) is 5.06. The normalized spacial score (nSPS) is 22.1. The molecular weight excluding hydrogens is 191 g/mol. The molecule has 0 aromatic carbocycles. The molecule has 2 nitrogen and oxygen atoms in total. The van der Waals surface area contributed by atoms with Crippen LogP contribution in [-0.4, -0.2) is 38.1 Å². The van der Waals surface area contributed by atoms with E-state index in [1.54, 1.807) is 0 Å². The summed E-state index contributed by atoms with van der Waals surface area (Å²) in [6, 6.07) is 0. The van der Waals surface area contributed by atoms with Crippen LogP contribution in [0.2, 0.25) is 0 Å². The van der Waals surface area contributed by atoms with Crippen LogP contribution in [0.3, 0.4) is 0 Å². The average Bonchev–Trinajstić information content (AvgIpc) is 1.69. The molecule has 51 valence electrons. The fourth-order valence-electron chi connectivity index (χ4n) is 0.706. The molecule has 1 saturated heterocycles. The van der Waals surface area contributed by atoms with Crippen LogP contribution < -0.4 is 0 Å². The van der Waals surface area contributed by atoms with Gasteiger partial charge in [-0.2, -0.15) is 0 Å². The average molecular weight is 202 g/mol. The second-order valence-electron chi connectivity index (χ2n) is 1.97. The first-order valence-corrected chi connectivity index (χ1v) is 2.71. The van der Waals surface area contributed by atoms with Crippen molar-refractivity contribution in [1.29, 1.82) is 0 Å². The van der Waals surface area contributed by atoms with E-state index in [4.69, 9.17) is 0 Å². The molecule has 0 aromatic heterocycles. The predicted molar refractivity (Wildman–Crippen MR) is 30.6 cm³/mol. The first-order valence-electron chi connectivity index (χ1n) is 2.71. The molecule has 0 unspecified atom stereocenters. The molecule has 1 fully saturated rings. The van der Waals surface area contributed by atoms with Gasteiger partial charge < -0.3 is 10.2 Å². The third-order valence-corrected chi connectivity index (χ3v) is 1.28. The van der Waals surface area contributed by atoms with Gasteiger partial charge in [0.25, 0.3) is 0 Å². The molecule has 1 rings (SSSR count). The van der Waals surface area contributed by atoms with Gasteiger partial charge in [-0.15, -0.1) is 13.1 Å². The van der Waals surface area contributed by atoms with Crippen molar-refractivity contribution in [2.24, 2.45) is 0 Å². The summed E-state index contributed by atoms with van der Waals surface area (Å²) < 4.78 is 0. The Kier molecular flexibility index (Phi) is 4.73. The summed E-state index contributed by atoms with van der Waals surface area (Å²) in [5.41, 5.74) is 0. The molecule has 0 saturated carbocycles. The number of hydrogen-bond donors (Lipinski definition) is 0. The second kappa shape index (κ2) is 4.42. The van der Waals surface area contributed by atoms with Crippen molar-refractivity contribution in [3.05, 3.63) is 5.32 Å². The first-order chi connectivity index (χ1) is 3.39. The summed E-state index contributed by atoms with van der Waals surface area (Å²) >= 11 is 0. The van der Waals surface area contributed by atoms with Crippen molar-refractivity contribution in [2.45, 2.75) is 0 Å². The number of likely N-dealkylation sites (N-methyl/N-ethyl adjacent to an activating group) is 1. The number of nitrogens with zero attached hydrogens (tertiary/aromatic N) is 2. The van der Waals surface area contributed by atoms with Gasteiger partial charge in [0.15, 0.2) is 0 Å². The van der Waals surface area contributed by atoms with Gasteiger partial charge in [0.05, 0.1) is 0 Å². The Balaban J connectivity index is 0.000000490. The molecule has 1 aliphatic rings. The maximum absolute atomic E-state index is 4.19. The minimum absolute atomic E-state index is 0. The van der Waals surface area contributed by atoms with Gasteiger partial charge in [0.2, 0.25) is 0 Å². The molecule has 1 radical (unpaired) electrons. The van der Waals surface area contributed by atoms with Gasteiger partial charge >= 0.3 is 0 Å². The maximum atomic E-state index is 4.19. The Bertz CT molecular complexity index is 52.4. The maximum Gasteiger partial charge on any atom is 0 e. The fourth-order valence-corrected chi connectivity index (χ4v) is 0.706. The Hall–Kier alpha value is 0.543. The molecular formula is C5H11N2Rh-. The molecule has 0 amide bonds. The van der Waals surface area contributed by atoms with E-state index >= 15 is 0 Å². The monoisotopic (exact) mass is 202 g/mol. The van der Waals surface area contributed by atoms with Gasteiger partial charge in [-0.05, 0) is 20.1 Å². The zero-order chi connectivity index (χ0) is 5.11. The molecule has 0 N–H and O–H groups in total. The molecule has 0 spiro atoms. The summed E-state index contributed by atoms with van der Waals surface area (Å²) in [6.07, 6.45) is 0. The van der Waals surface area contributed by atoms with E-state index in [1.807, 2.05) is 0 Å². The minimum Gasteiger partial charge on any atom is -0.660 e. The Morgan fingerprint density at radius 2 is 1.75 bits per heavy atom. The van der Waals surface area contributed by atoms with Crippen LogP contribution in [-0.2, 0) is 19.5 Å². The van der Waals surface area contributed by atoms with E-state index in [2.05, 4.69) is 17.3 Å². The molecule has 1 aliphatic heterocycles. The predicted octanol–water partition coefficient (Wildman–Crippen LogP) is 0.303. The molecule has 1 heterocycles. The Morgan fingerprint density at radius 3 is 2.00 bits per heavy atom. The van der Waals surface area contributed by atoms with Crippen molar-refractivity contribution in [2.75, 3.05) is 33.2 Å². The van der Waals surface area contributed by atoms with Crippen LogP contribution >= 0.6 is 0 Å². The van der Waals surface area contributed by atoms with Crippen LogP contribution in [0.25, 0.3) is 5.32 Å². The number of rotatable bonds is 0. The molecule has 0 aliphatic carbocycles. The zero-order valence-corrected chi connectivity index (χ0v) is 6.69. The van der Waals surface area contributed by atoms with Crippen LogP contribution in [0.5, 0.6) is 0 Å². The van der Waals surface area contributed by atoms with E-state index in [0.29, 0.717) is 0 Å². The largest absolute Gasteiger partial charge is 0.660 e. The second-order valence-corrected chi connectivity index (χ2v) is 1.97.